The number of hydrogen-bond donors (Lipinski definition) is 1. The van der Waals surface area contributed by atoms with Gasteiger partial charge in [-0.05, 0) is 50.4 Å². The Morgan fingerprint density at radius 1 is 1.14 bits per heavy atom. The molecule has 0 bridgehead atoms. The topological polar surface area (TPSA) is 37.8 Å². The van der Waals surface area contributed by atoms with E-state index in [1.165, 1.54) is 16.7 Å². The van der Waals surface area contributed by atoms with Crippen LogP contribution in [0.4, 0.5) is 0 Å². The Bertz CT molecular complexity index is 555. The first-order valence-corrected chi connectivity index (χ1v) is 8.49. The molecule has 1 heterocycles. The third-order valence-corrected chi connectivity index (χ3v) is 4.46. The Labute approximate surface area is 131 Å². The molecule has 2 rings (SSSR count). The van der Waals surface area contributed by atoms with Gasteiger partial charge in [0.15, 0.2) is 0 Å². The average molecular weight is 303 g/mol. The molecule has 4 heteroatoms. The number of aromatic nitrogens is 2. The number of nitrogens with one attached hydrogen (secondary N) is 1. The van der Waals surface area contributed by atoms with Gasteiger partial charge in [0.1, 0.15) is 10.0 Å². The summed E-state index contributed by atoms with van der Waals surface area (Å²) in [4.78, 5) is 0. The van der Waals surface area contributed by atoms with E-state index < -0.39 is 0 Å². The second-order valence-corrected chi connectivity index (χ2v) is 7.03. The molecule has 2 aromatic rings. The van der Waals surface area contributed by atoms with Crippen molar-refractivity contribution < 1.29 is 0 Å². The summed E-state index contributed by atoms with van der Waals surface area (Å²) < 4.78 is 0. The molecule has 0 aliphatic carbocycles. The third-order valence-electron chi connectivity index (χ3n) is 3.46. The summed E-state index contributed by atoms with van der Waals surface area (Å²) in [6, 6.07) is 6.37. The minimum absolute atomic E-state index is 0.710. The highest BCUT2D eigenvalue weighted by Crippen LogP contribution is 2.29. The molecule has 0 unspecified atom stereocenters. The lowest BCUT2D eigenvalue weighted by molar-refractivity contribution is 0.542. The molecule has 114 valence electrons. The largest absolute Gasteiger partial charge is 0.316 e. The van der Waals surface area contributed by atoms with Gasteiger partial charge in [-0.2, -0.15) is 0 Å². The Morgan fingerprint density at radius 2 is 1.86 bits per heavy atom. The molecule has 0 spiro atoms. The van der Waals surface area contributed by atoms with Gasteiger partial charge in [-0.25, -0.2) is 0 Å². The van der Waals surface area contributed by atoms with Crippen molar-refractivity contribution in [2.75, 3.05) is 13.1 Å². The van der Waals surface area contributed by atoms with E-state index in [0.29, 0.717) is 5.92 Å². The van der Waals surface area contributed by atoms with Gasteiger partial charge in [0.25, 0.3) is 0 Å². The second-order valence-electron chi connectivity index (χ2n) is 5.97. The fourth-order valence-electron chi connectivity index (χ4n) is 2.36. The standard InChI is InChI=1S/C17H25N3S/c1-12(2)11-18-10-6-9-15-19-20-17(21-15)16-13(3)7-5-8-14(16)4/h5,7-8,12,18H,6,9-11H2,1-4H3. The van der Waals surface area contributed by atoms with E-state index in [1.807, 2.05) is 0 Å². The van der Waals surface area contributed by atoms with Crippen molar-refractivity contribution in [1.29, 1.82) is 0 Å². The minimum atomic E-state index is 0.710. The molecule has 0 fully saturated rings. The van der Waals surface area contributed by atoms with Crippen molar-refractivity contribution in [3.8, 4) is 10.6 Å². The molecule has 0 atom stereocenters. The summed E-state index contributed by atoms with van der Waals surface area (Å²) in [5, 5.41) is 14.4. The maximum Gasteiger partial charge on any atom is 0.148 e. The maximum atomic E-state index is 4.38. The Kier molecular flexibility index (Phi) is 5.88. The Hall–Kier alpha value is -1.26. The molecule has 0 amide bonds. The van der Waals surface area contributed by atoms with Crippen LogP contribution < -0.4 is 5.32 Å². The fourth-order valence-corrected chi connectivity index (χ4v) is 3.42. The quantitative estimate of drug-likeness (QED) is 0.786. The lowest BCUT2D eigenvalue weighted by Crippen LogP contribution is -2.21. The first kappa shape index (κ1) is 16.1. The lowest BCUT2D eigenvalue weighted by Gasteiger charge is -2.06. The monoisotopic (exact) mass is 303 g/mol. The van der Waals surface area contributed by atoms with Gasteiger partial charge < -0.3 is 5.32 Å². The zero-order chi connectivity index (χ0) is 15.2. The first-order valence-electron chi connectivity index (χ1n) is 7.67. The van der Waals surface area contributed by atoms with E-state index in [2.05, 4.69) is 61.4 Å². The summed E-state index contributed by atoms with van der Waals surface area (Å²) in [5.41, 5.74) is 3.80. The molecular weight excluding hydrogens is 278 g/mol. The molecule has 0 aliphatic rings. The smallest absolute Gasteiger partial charge is 0.148 e. The number of rotatable bonds is 7. The van der Waals surface area contributed by atoms with Crippen LogP contribution in [0.3, 0.4) is 0 Å². The number of nitrogens with zero attached hydrogens (tertiary/aromatic N) is 2. The minimum Gasteiger partial charge on any atom is -0.316 e. The molecule has 0 saturated heterocycles. The van der Waals surface area contributed by atoms with Gasteiger partial charge in [-0.3, -0.25) is 0 Å². The van der Waals surface area contributed by atoms with E-state index >= 15 is 0 Å². The summed E-state index contributed by atoms with van der Waals surface area (Å²) in [7, 11) is 0. The third kappa shape index (κ3) is 4.61. The molecule has 1 aromatic carbocycles. The van der Waals surface area contributed by atoms with Crippen molar-refractivity contribution in [1.82, 2.24) is 15.5 Å². The van der Waals surface area contributed by atoms with Crippen LogP contribution >= 0.6 is 11.3 Å². The average Bonchev–Trinajstić information content (AvgIpc) is 2.86. The summed E-state index contributed by atoms with van der Waals surface area (Å²) >= 11 is 1.73. The van der Waals surface area contributed by atoms with Crippen LogP contribution in [0.5, 0.6) is 0 Å². The van der Waals surface area contributed by atoms with Crippen LogP contribution in [0.2, 0.25) is 0 Å². The van der Waals surface area contributed by atoms with Crippen molar-refractivity contribution in [3.05, 3.63) is 34.3 Å². The zero-order valence-electron chi connectivity index (χ0n) is 13.4. The van der Waals surface area contributed by atoms with Crippen molar-refractivity contribution in [3.63, 3.8) is 0 Å². The Morgan fingerprint density at radius 3 is 2.52 bits per heavy atom. The van der Waals surface area contributed by atoms with E-state index in [9.17, 15) is 0 Å². The molecule has 0 radical (unpaired) electrons. The van der Waals surface area contributed by atoms with Crippen LogP contribution in [-0.2, 0) is 6.42 Å². The predicted molar refractivity (Wildman–Crippen MR) is 90.8 cm³/mol. The molecule has 0 aliphatic heterocycles. The maximum absolute atomic E-state index is 4.38. The van der Waals surface area contributed by atoms with Crippen molar-refractivity contribution >= 4 is 11.3 Å². The van der Waals surface area contributed by atoms with Crippen molar-refractivity contribution in [2.24, 2.45) is 5.92 Å². The molecule has 0 saturated carbocycles. The van der Waals surface area contributed by atoms with Crippen LogP contribution in [0.1, 0.15) is 36.4 Å². The van der Waals surface area contributed by atoms with Gasteiger partial charge >= 0.3 is 0 Å². The number of benzene rings is 1. The molecule has 21 heavy (non-hydrogen) atoms. The second kappa shape index (κ2) is 7.66. The van der Waals surface area contributed by atoms with Crippen molar-refractivity contribution in [2.45, 2.75) is 40.5 Å². The fraction of sp³-hybridized carbons (Fsp3) is 0.529. The predicted octanol–water partition coefficient (Wildman–Crippen LogP) is 4.00. The van der Waals surface area contributed by atoms with E-state index in [4.69, 9.17) is 0 Å². The lowest BCUT2D eigenvalue weighted by atomic mass is 10.0. The highest BCUT2D eigenvalue weighted by atomic mass is 32.1. The van der Waals surface area contributed by atoms with Gasteiger partial charge in [-0.15, -0.1) is 10.2 Å². The number of hydrogen-bond acceptors (Lipinski definition) is 4. The molecule has 1 N–H and O–H groups in total. The van der Waals surface area contributed by atoms with Gasteiger partial charge in [0.2, 0.25) is 0 Å². The molecule has 3 nitrogen and oxygen atoms in total. The van der Waals surface area contributed by atoms with Crippen LogP contribution in [-0.4, -0.2) is 23.3 Å². The zero-order valence-corrected chi connectivity index (χ0v) is 14.3. The molecule has 1 aromatic heterocycles. The summed E-state index contributed by atoms with van der Waals surface area (Å²) in [6.07, 6.45) is 2.13. The first-order chi connectivity index (χ1) is 10.1. The van der Waals surface area contributed by atoms with E-state index in [0.717, 1.165) is 35.9 Å². The van der Waals surface area contributed by atoms with Gasteiger partial charge in [-0.1, -0.05) is 43.4 Å². The summed E-state index contributed by atoms with van der Waals surface area (Å²) in [5.74, 6) is 0.710. The van der Waals surface area contributed by atoms with E-state index in [1.54, 1.807) is 11.3 Å². The van der Waals surface area contributed by atoms with Gasteiger partial charge in [0.05, 0.1) is 0 Å². The highest BCUT2D eigenvalue weighted by molar-refractivity contribution is 7.14. The highest BCUT2D eigenvalue weighted by Gasteiger charge is 2.11. The van der Waals surface area contributed by atoms with E-state index in [-0.39, 0.29) is 0 Å². The number of aryl methyl sites for hydroxylation is 3. The van der Waals surface area contributed by atoms with Crippen LogP contribution in [0.25, 0.3) is 10.6 Å². The summed E-state index contributed by atoms with van der Waals surface area (Å²) in [6.45, 7) is 10.9. The van der Waals surface area contributed by atoms with Gasteiger partial charge in [0, 0.05) is 12.0 Å². The normalized spacial score (nSPS) is 11.3. The Balaban J connectivity index is 1.93. The van der Waals surface area contributed by atoms with Crippen LogP contribution in [0.15, 0.2) is 18.2 Å². The molecular formula is C17H25N3S. The SMILES string of the molecule is Cc1cccc(C)c1-c1nnc(CCCNCC(C)C)s1. The van der Waals surface area contributed by atoms with Crippen LogP contribution in [0, 0.1) is 19.8 Å².